The third kappa shape index (κ3) is 2.77. The smallest absolute Gasteiger partial charge is 0.219 e. The molecule has 1 aliphatic heterocycles. The van der Waals surface area contributed by atoms with Gasteiger partial charge < -0.3 is 4.90 Å². The van der Waals surface area contributed by atoms with Crippen molar-refractivity contribution in [3.8, 4) is 22.4 Å². The molecule has 6 heteroatoms. The Morgan fingerprint density at radius 1 is 1.12 bits per heavy atom. The molecular weight excluding hydrogens is 331 g/mol. The van der Waals surface area contributed by atoms with Gasteiger partial charge in [-0.1, -0.05) is 0 Å². The fraction of sp³-hybridized carbons (Fsp3) is 0.250. The normalized spacial score (nSPS) is 16.4. The zero-order chi connectivity index (χ0) is 18.3. The molecule has 1 unspecified atom stereocenters. The zero-order valence-electron chi connectivity index (χ0n) is 14.7. The van der Waals surface area contributed by atoms with E-state index in [1.165, 1.54) is 12.1 Å². The molecule has 132 valence electrons. The van der Waals surface area contributed by atoms with Crippen LogP contribution in [0.15, 0.2) is 48.8 Å². The third-order valence-electron chi connectivity index (χ3n) is 4.78. The molecule has 0 N–H and O–H groups in total. The molecule has 0 saturated heterocycles. The summed E-state index contributed by atoms with van der Waals surface area (Å²) in [6.45, 7) is 4.77. The summed E-state index contributed by atoms with van der Waals surface area (Å²) < 4.78 is 15.4. The van der Waals surface area contributed by atoms with Crippen LogP contribution in [0.2, 0.25) is 0 Å². The number of carbonyl (C=O) groups excluding carboxylic acids is 1. The van der Waals surface area contributed by atoms with E-state index < -0.39 is 0 Å². The number of fused-ring (bicyclic) bond motifs is 1. The highest BCUT2D eigenvalue weighted by atomic mass is 19.1. The maximum Gasteiger partial charge on any atom is 0.219 e. The van der Waals surface area contributed by atoms with Crippen LogP contribution in [0.25, 0.3) is 22.4 Å². The molecular formula is C20H19FN4O. The van der Waals surface area contributed by atoms with Gasteiger partial charge in [0.15, 0.2) is 0 Å². The van der Waals surface area contributed by atoms with E-state index in [2.05, 4.69) is 11.9 Å². The predicted molar refractivity (Wildman–Crippen MR) is 96.7 cm³/mol. The van der Waals surface area contributed by atoms with Gasteiger partial charge in [0.25, 0.3) is 0 Å². The number of hydrogen-bond acceptors (Lipinski definition) is 3. The molecule has 2 aromatic heterocycles. The van der Waals surface area contributed by atoms with Crippen molar-refractivity contribution >= 4 is 5.91 Å². The molecule has 4 rings (SSSR count). The molecule has 1 atom stereocenters. The molecule has 0 radical (unpaired) electrons. The summed E-state index contributed by atoms with van der Waals surface area (Å²) in [6.07, 6.45) is 3.48. The van der Waals surface area contributed by atoms with Gasteiger partial charge in [-0.05, 0) is 48.9 Å². The van der Waals surface area contributed by atoms with Crippen LogP contribution in [0, 0.1) is 5.82 Å². The second kappa shape index (κ2) is 6.37. The van der Waals surface area contributed by atoms with Gasteiger partial charge in [0, 0.05) is 37.0 Å². The monoisotopic (exact) mass is 350 g/mol. The number of carbonyl (C=O) groups is 1. The van der Waals surface area contributed by atoms with Crippen LogP contribution in [0.4, 0.5) is 4.39 Å². The van der Waals surface area contributed by atoms with Crippen LogP contribution in [-0.4, -0.2) is 32.1 Å². The largest absolute Gasteiger partial charge is 0.335 e. The van der Waals surface area contributed by atoms with Crippen LogP contribution in [0.1, 0.15) is 25.6 Å². The second-order valence-electron chi connectivity index (χ2n) is 6.61. The van der Waals surface area contributed by atoms with Crippen LogP contribution >= 0.6 is 0 Å². The van der Waals surface area contributed by atoms with Crippen LogP contribution in [0.3, 0.4) is 0 Å². The SMILES string of the molecule is CC(=O)N1Cc2c(-c3ccncc3)c(-c3ccc(F)cc3)nn2C(C)C1. The van der Waals surface area contributed by atoms with E-state index in [1.807, 2.05) is 21.7 Å². The molecule has 5 nitrogen and oxygen atoms in total. The minimum Gasteiger partial charge on any atom is -0.335 e. The Labute approximate surface area is 151 Å². The lowest BCUT2D eigenvalue weighted by Crippen LogP contribution is -2.39. The van der Waals surface area contributed by atoms with Gasteiger partial charge >= 0.3 is 0 Å². The van der Waals surface area contributed by atoms with Crippen molar-refractivity contribution in [1.29, 1.82) is 0 Å². The van der Waals surface area contributed by atoms with E-state index in [-0.39, 0.29) is 17.8 Å². The fourth-order valence-electron chi connectivity index (χ4n) is 3.50. The highest BCUT2D eigenvalue weighted by molar-refractivity contribution is 5.83. The summed E-state index contributed by atoms with van der Waals surface area (Å²) in [6, 6.07) is 10.3. The number of amides is 1. The summed E-state index contributed by atoms with van der Waals surface area (Å²) in [5.74, 6) is -0.229. The molecule has 0 fully saturated rings. The fourth-order valence-corrected chi connectivity index (χ4v) is 3.50. The highest BCUT2D eigenvalue weighted by Crippen LogP contribution is 2.38. The standard InChI is InChI=1S/C20H19FN4O/c1-13-11-24(14(2)26)12-18-19(15-7-9-22-10-8-15)20(23-25(13)18)16-3-5-17(21)6-4-16/h3-10,13H,11-12H2,1-2H3. The van der Waals surface area contributed by atoms with E-state index in [0.717, 1.165) is 28.1 Å². The Morgan fingerprint density at radius 3 is 2.46 bits per heavy atom. The topological polar surface area (TPSA) is 51.0 Å². The van der Waals surface area contributed by atoms with E-state index in [9.17, 15) is 9.18 Å². The summed E-state index contributed by atoms with van der Waals surface area (Å²) in [5.41, 5.74) is 4.59. The third-order valence-corrected chi connectivity index (χ3v) is 4.78. The number of hydrogen-bond donors (Lipinski definition) is 0. The van der Waals surface area contributed by atoms with Crippen molar-refractivity contribution in [1.82, 2.24) is 19.7 Å². The first kappa shape index (κ1) is 16.4. The molecule has 1 aliphatic rings. The van der Waals surface area contributed by atoms with Crippen molar-refractivity contribution in [2.24, 2.45) is 0 Å². The average Bonchev–Trinajstić information content (AvgIpc) is 3.03. The number of rotatable bonds is 2. The van der Waals surface area contributed by atoms with Gasteiger partial charge in [0.05, 0.1) is 18.3 Å². The Hall–Kier alpha value is -3.02. The molecule has 1 aromatic carbocycles. The number of halogens is 1. The zero-order valence-corrected chi connectivity index (χ0v) is 14.7. The molecule has 1 amide bonds. The van der Waals surface area contributed by atoms with Gasteiger partial charge in [-0.25, -0.2) is 4.39 Å². The number of nitrogens with zero attached hydrogens (tertiary/aromatic N) is 4. The molecule has 3 aromatic rings. The maximum atomic E-state index is 13.4. The summed E-state index contributed by atoms with van der Waals surface area (Å²) in [5, 5.41) is 4.84. The second-order valence-corrected chi connectivity index (χ2v) is 6.61. The lowest BCUT2D eigenvalue weighted by Gasteiger charge is -2.32. The molecule has 0 spiro atoms. The van der Waals surface area contributed by atoms with E-state index in [4.69, 9.17) is 5.10 Å². The quantitative estimate of drug-likeness (QED) is 0.708. The number of pyridine rings is 1. The minimum absolute atomic E-state index is 0.0494. The molecule has 0 aliphatic carbocycles. The Morgan fingerprint density at radius 2 is 1.81 bits per heavy atom. The number of benzene rings is 1. The first-order chi connectivity index (χ1) is 12.5. The number of aromatic nitrogens is 3. The van der Waals surface area contributed by atoms with Crippen LogP contribution in [0.5, 0.6) is 0 Å². The molecule has 26 heavy (non-hydrogen) atoms. The first-order valence-electron chi connectivity index (χ1n) is 8.58. The summed E-state index contributed by atoms with van der Waals surface area (Å²) >= 11 is 0. The van der Waals surface area contributed by atoms with E-state index in [0.29, 0.717) is 13.1 Å². The van der Waals surface area contributed by atoms with Crippen molar-refractivity contribution in [2.75, 3.05) is 6.54 Å². The Bertz CT molecular complexity index is 950. The van der Waals surface area contributed by atoms with Crippen molar-refractivity contribution in [2.45, 2.75) is 26.4 Å². The van der Waals surface area contributed by atoms with Gasteiger partial charge in [-0.2, -0.15) is 5.10 Å². The van der Waals surface area contributed by atoms with Gasteiger partial charge in [0.1, 0.15) is 11.5 Å². The van der Waals surface area contributed by atoms with Crippen molar-refractivity contribution < 1.29 is 9.18 Å². The minimum atomic E-state index is -0.278. The van der Waals surface area contributed by atoms with Crippen LogP contribution < -0.4 is 0 Å². The highest BCUT2D eigenvalue weighted by Gasteiger charge is 2.30. The molecule has 0 saturated carbocycles. The van der Waals surface area contributed by atoms with Crippen LogP contribution in [-0.2, 0) is 11.3 Å². The van der Waals surface area contributed by atoms with E-state index in [1.54, 1.807) is 31.5 Å². The predicted octanol–water partition coefficient (Wildman–Crippen LogP) is 3.67. The Balaban J connectivity index is 1.94. The van der Waals surface area contributed by atoms with Crippen molar-refractivity contribution in [3.05, 3.63) is 60.3 Å². The van der Waals surface area contributed by atoms with Gasteiger partial charge in [-0.15, -0.1) is 0 Å². The summed E-state index contributed by atoms with van der Waals surface area (Å²) in [4.78, 5) is 17.9. The Kier molecular flexibility index (Phi) is 4.03. The first-order valence-corrected chi connectivity index (χ1v) is 8.58. The molecule has 3 heterocycles. The van der Waals surface area contributed by atoms with Crippen molar-refractivity contribution in [3.63, 3.8) is 0 Å². The average molecular weight is 350 g/mol. The maximum absolute atomic E-state index is 13.4. The lowest BCUT2D eigenvalue weighted by molar-refractivity contribution is -0.130. The van der Waals surface area contributed by atoms with E-state index >= 15 is 0 Å². The van der Waals surface area contributed by atoms with Gasteiger partial charge in [-0.3, -0.25) is 14.5 Å². The van der Waals surface area contributed by atoms with Gasteiger partial charge in [0.2, 0.25) is 5.91 Å². The summed E-state index contributed by atoms with van der Waals surface area (Å²) in [7, 11) is 0. The molecule has 0 bridgehead atoms. The lowest BCUT2D eigenvalue weighted by atomic mass is 9.98.